The van der Waals surface area contributed by atoms with Gasteiger partial charge in [0.25, 0.3) is 5.91 Å². The first-order valence-corrected chi connectivity index (χ1v) is 7.27. The summed E-state index contributed by atoms with van der Waals surface area (Å²) >= 11 is 0. The van der Waals surface area contributed by atoms with Crippen molar-refractivity contribution in [1.29, 1.82) is 0 Å². The Labute approximate surface area is 135 Å². The molecule has 2 aromatic carbocycles. The Morgan fingerprint density at radius 2 is 1.87 bits per heavy atom. The molecule has 0 atom stereocenters. The number of carbonyl (C=O) groups is 2. The Bertz CT molecular complexity index is 726. The zero-order valence-corrected chi connectivity index (χ0v) is 13.5. The fraction of sp³-hybridized carbons (Fsp3) is 0.222. The number of methoxy groups -OCH3 is 1. The number of nitrogens with one attached hydrogen (secondary N) is 2. The molecule has 0 saturated heterocycles. The van der Waals surface area contributed by atoms with Crippen molar-refractivity contribution in [3.8, 4) is 0 Å². The largest absolute Gasteiger partial charge is 0.380 e. The van der Waals surface area contributed by atoms with Crippen LogP contribution >= 0.6 is 0 Å². The SMILES string of the molecule is COCc1cccc(C(=O)Nc2cc(NC(C)=O)ccc2C)c1. The molecule has 5 heteroatoms. The summed E-state index contributed by atoms with van der Waals surface area (Å²) in [6.07, 6.45) is 0. The van der Waals surface area contributed by atoms with Crippen molar-refractivity contribution in [2.45, 2.75) is 20.5 Å². The number of rotatable bonds is 5. The van der Waals surface area contributed by atoms with Crippen LogP contribution in [0.4, 0.5) is 11.4 Å². The lowest BCUT2D eigenvalue weighted by atomic mass is 10.1. The van der Waals surface area contributed by atoms with Crippen molar-refractivity contribution in [3.63, 3.8) is 0 Å². The highest BCUT2D eigenvalue weighted by Crippen LogP contribution is 2.21. The number of benzene rings is 2. The van der Waals surface area contributed by atoms with E-state index in [-0.39, 0.29) is 11.8 Å². The Morgan fingerprint density at radius 1 is 1.09 bits per heavy atom. The molecule has 23 heavy (non-hydrogen) atoms. The third-order valence-corrected chi connectivity index (χ3v) is 3.31. The molecule has 0 heterocycles. The molecule has 0 aliphatic carbocycles. The number of carbonyl (C=O) groups excluding carboxylic acids is 2. The van der Waals surface area contributed by atoms with Gasteiger partial charge in [-0.25, -0.2) is 0 Å². The monoisotopic (exact) mass is 312 g/mol. The van der Waals surface area contributed by atoms with Crippen molar-refractivity contribution in [2.75, 3.05) is 17.7 Å². The lowest BCUT2D eigenvalue weighted by Gasteiger charge is -2.11. The van der Waals surface area contributed by atoms with Gasteiger partial charge in [-0.3, -0.25) is 9.59 Å². The van der Waals surface area contributed by atoms with Crippen LogP contribution in [0.1, 0.15) is 28.4 Å². The molecule has 120 valence electrons. The molecule has 2 rings (SSSR count). The highest BCUT2D eigenvalue weighted by Gasteiger charge is 2.09. The normalized spacial score (nSPS) is 10.2. The minimum absolute atomic E-state index is 0.154. The lowest BCUT2D eigenvalue weighted by molar-refractivity contribution is -0.114. The standard InChI is InChI=1S/C18H20N2O3/c1-12-7-8-16(19-13(2)21)10-17(12)20-18(22)15-6-4-5-14(9-15)11-23-3/h4-10H,11H2,1-3H3,(H,19,21)(H,20,22). The van der Waals surface area contributed by atoms with Gasteiger partial charge in [0, 0.05) is 31.0 Å². The van der Waals surface area contributed by atoms with E-state index in [9.17, 15) is 9.59 Å². The molecule has 0 radical (unpaired) electrons. The summed E-state index contributed by atoms with van der Waals surface area (Å²) in [5, 5.41) is 5.58. The second-order valence-corrected chi connectivity index (χ2v) is 5.30. The van der Waals surface area contributed by atoms with Crippen LogP contribution in [-0.4, -0.2) is 18.9 Å². The van der Waals surface area contributed by atoms with Gasteiger partial charge in [-0.05, 0) is 42.3 Å². The second kappa shape index (κ2) is 7.56. The zero-order valence-electron chi connectivity index (χ0n) is 13.5. The van der Waals surface area contributed by atoms with Gasteiger partial charge < -0.3 is 15.4 Å². The molecule has 0 fully saturated rings. The van der Waals surface area contributed by atoms with Gasteiger partial charge in [0.2, 0.25) is 5.91 Å². The fourth-order valence-corrected chi connectivity index (χ4v) is 2.20. The van der Waals surface area contributed by atoms with Crippen LogP contribution in [0.15, 0.2) is 42.5 Å². The molecule has 0 saturated carbocycles. The van der Waals surface area contributed by atoms with Crippen LogP contribution in [0.3, 0.4) is 0 Å². The van der Waals surface area contributed by atoms with E-state index in [1.807, 2.05) is 25.1 Å². The van der Waals surface area contributed by atoms with Crippen molar-refractivity contribution >= 4 is 23.2 Å². The van der Waals surface area contributed by atoms with Crippen molar-refractivity contribution < 1.29 is 14.3 Å². The quantitative estimate of drug-likeness (QED) is 0.889. The Morgan fingerprint density at radius 3 is 2.57 bits per heavy atom. The van der Waals surface area contributed by atoms with Gasteiger partial charge in [-0.1, -0.05) is 18.2 Å². The molecule has 0 bridgehead atoms. The van der Waals surface area contributed by atoms with Crippen molar-refractivity contribution in [2.24, 2.45) is 0 Å². The second-order valence-electron chi connectivity index (χ2n) is 5.30. The third-order valence-electron chi connectivity index (χ3n) is 3.31. The highest BCUT2D eigenvalue weighted by atomic mass is 16.5. The minimum atomic E-state index is -0.203. The van der Waals surface area contributed by atoms with Crippen LogP contribution in [0.5, 0.6) is 0 Å². The van der Waals surface area contributed by atoms with Gasteiger partial charge in [0.05, 0.1) is 6.61 Å². The third kappa shape index (κ3) is 4.66. The molecule has 5 nitrogen and oxygen atoms in total. The van der Waals surface area contributed by atoms with Crippen molar-refractivity contribution in [3.05, 3.63) is 59.2 Å². The number of aryl methyl sites for hydroxylation is 1. The molecular weight excluding hydrogens is 292 g/mol. The Balaban J connectivity index is 2.19. The van der Waals surface area contributed by atoms with Crippen LogP contribution in [0, 0.1) is 6.92 Å². The van der Waals surface area contributed by atoms with E-state index in [1.165, 1.54) is 6.92 Å². The van der Waals surface area contributed by atoms with Gasteiger partial charge >= 0.3 is 0 Å². The number of amides is 2. The lowest BCUT2D eigenvalue weighted by Crippen LogP contribution is -2.14. The maximum Gasteiger partial charge on any atom is 0.255 e. The summed E-state index contributed by atoms with van der Waals surface area (Å²) in [6, 6.07) is 12.7. The molecule has 2 amide bonds. The van der Waals surface area contributed by atoms with Gasteiger partial charge in [-0.15, -0.1) is 0 Å². The first kappa shape index (κ1) is 16.7. The summed E-state index contributed by atoms with van der Waals surface area (Å²) in [5.74, 6) is -0.357. The summed E-state index contributed by atoms with van der Waals surface area (Å²) < 4.78 is 5.08. The van der Waals surface area contributed by atoms with E-state index in [0.717, 1.165) is 11.1 Å². The van der Waals surface area contributed by atoms with E-state index < -0.39 is 0 Å². The summed E-state index contributed by atoms with van der Waals surface area (Å²) in [4.78, 5) is 23.6. The molecule has 2 N–H and O–H groups in total. The molecule has 0 aliphatic rings. The highest BCUT2D eigenvalue weighted by molar-refractivity contribution is 6.05. The first-order valence-electron chi connectivity index (χ1n) is 7.27. The topological polar surface area (TPSA) is 67.4 Å². The summed E-state index contributed by atoms with van der Waals surface area (Å²) in [7, 11) is 1.61. The number of ether oxygens (including phenoxy) is 1. The number of hydrogen-bond donors (Lipinski definition) is 2. The van der Waals surface area contributed by atoms with E-state index in [1.54, 1.807) is 31.4 Å². The average molecular weight is 312 g/mol. The average Bonchev–Trinajstić information content (AvgIpc) is 2.50. The Hall–Kier alpha value is -2.66. The van der Waals surface area contributed by atoms with Crippen LogP contribution in [0.2, 0.25) is 0 Å². The molecule has 0 unspecified atom stereocenters. The summed E-state index contributed by atoms with van der Waals surface area (Å²) in [6.45, 7) is 3.80. The maximum absolute atomic E-state index is 12.4. The zero-order chi connectivity index (χ0) is 16.8. The van der Waals surface area contributed by atoms with Gasteiger partial charge in [0.15, 0.2) is 0 Å². The molecule has 2 aromatic rings. The predicted octanol–water partition coefficient (Wildman–Crippen LogP) is 3.35. The first-order chi connectivity index (χ1) is 11.0. The van der Waals surface area contributed by atoms with Crippen molar-refractivity contribution in [1.82, 2.24) is 0 Å². The molecule has 0 aromatic heterocycles. The van der Waals surface area contributed by atoms with E-state index in [0.29, 0.717) is 23.5 Å². The van der Waals surface area contributed by atoms with Crippen LogP contribution in [-0.2, 0) is 16.1 Å². The smallest absolute Gasteiger partial charge is 0.255 e. The molecule has 0 aliphatic heterocycles. The molecular formula is C18H20N2O3. The Kier molecular flexibility index (Phi) is 5.49. The predicted molar refractivity (Wildman–Crippen MR) is 90.6 cm³/mol. The van der Waals surface area contributed by atoms with Gasteiger partial charge in [0.1, 0.15) is 0 Å². The molecule has 0 spiro atoms. The maximum atomic E-state index is 12.4. The number of hydrogen-bond acceptors (Lipinski definition) is 3. The van der Waals surface area contributed by atoms with E-state index in [4.69, 9.17) is 4.74 Å². The van der Waals surface area contributed by atoms with E-state index >= 15 is 0 Å². The fourth-order valence-electron chi connectivity index (χ4n) is 2.20. The van der Waals surface area contributed by atoms with Gasteiger partial charge in [-0.2, -0.15) is 0 Å². The number of anilines is 2. The minimum Gasteiger partial charge on any atom is -0.380 e. The van der Waals surface area contributed by atoms with E-state index in [2.05, 4.69) is 10.6 Å². The summed E-state index contributed by atoms with van der Waals surface area (Å²) in [5.41, 5.74) is 3.72. The van der Waals surface area contributed by atoms with Crippen LogP contribution in [0.25, 0.3) is 0 Å². The van der Waals surface area contributed by atoms with Crippen LogP contribution < -0.4 is 10.6 Å².